The van der Waals surface area contributed by atoms with Gasteiger partial charge in [-0.25, -0.2) is 0 Å². The van der Waals surface area contributed by atoms with Gasteiger partial charge >= 0.3 is 0 Å². The molecule has 3 heteroatoms. The summed E-state index contributed by atoms with van der Waals surface area (Å²) in [5.74, 6) is 0.831. The standard InChI is InChI=1S/C17H26N2S/c1-13-7-6-10-15(11-13)19(2)16(12-17(18)20)14-8-4-3-5-9-14/h3-5,8-9,13,15-16H,6-7,10-12H2,1-2H3,(H2,18,20). The van der Waals surface area contributed by atoms with Crippen molar-refractivity contribution in [3.63, 3.8) is 0 Å². The van der Waals surface area contributed by atoms with Crippen molar-refractivity contribution < 1.29 is 0 Å². The highest BCUT2D eigenvalue weighted by Crippen LogP contribution is 2.33. The molecule has 0 amide bonds. The van der Waals surface area contributed by atoms with Gasteiger partial charge in [0.15, 0.2) is 0 Å². The number of rotatable bonds is 5. The largest absolute Gasteiger partial charge is 0.393 e. The van der Waals surface area contributed by atoms with Gasteiger partial charge < -0.3 is 5.73 Å². The molecule has 1 saturated carbocycles. The second-order valence-electron chi connectivity index (χ2n) is 6.19. The first kappa shape index (κ1) is 15.5. The fourth-order valence-electron chi connectivity index (χ4n) is 3.39. The lowest BCUT2D eigenvalue weighted by Gasteiger charge is -2.39. The van der Waals surface area contributed by atoms with Gasteiger partial charge in [0.1, 0.15) is 0 Å². The van der Waals surface area contributed by atoms with E-state index in [1.807, 2.05) is 0 Å². The van der Waals surface area contributed by atoms with Gasteiger partial charge in [0.2, 0.25) is 0 Å². The average Bonchev–Trinajstić information content (AvgIpc) is 2.45. The smallest absolute Gasteiger partial charge is 0.0746 e. The van der Waals surface area contributed by atoms with Crippen LogP contribution in [0.5, 0.6) is 0 Å². The third kappa shape index (κ3) is 4.03. The summed E-state index contributed by atoms with van der Waals surface area (Å²) >= 11 is 5.17. The molecule has 0 bridgehead atoms. The number of nitrogens with zero attached hydrogens (tertiary/aromatic N) is 1. The van der Waals surface area contributed by atoms with Gasteiger partial charge in [0, 0.05) is 18.5 Å². The Morgan fingerprint density at radius 2 is 2.05 bits per heavy atom. The summed E-state index contributed by atoms with van der Waals surface area (Å²) in [5.41, 5.74) is 7.15. The van der Waals surface area contributed by atoms with E-state index in [0.29, 0.717) is 17.1 Å². The maximum Gasteiger partial charge on any atom is 0.0746 e. The number of hydrogen-bond acceptors (Lipinski definition) is 2. The zero-order valence-electron chi connectivity index (χ0n) is 12.6. The summed E-state index contributed by atoms with van der Waals surface area (Å²) in [7, 11) is 2.23. The molecule has 0 heterocycles. The lowest BCUT2D eigenvalue weighted by Crippen LogP contribution is -2.39. The predicted octanol–water partition coefficient (Wildman–Crippen LogP) is 3.91. The lowest BCUT2D eigenvalue weighted by molar-refractivity contribution is 0.121. The first-order valence-corrected chi connectivity index (χ1v) is 8.04. The van der Waals surface area contributed by atoms with E-state index in [1.165, 1.54) is 31.2 Å². The van der Waals surface area contributed by atoms with Crippen molar-refractivity contribution in [1.82, 2.24) is 4.90 Å². The second-order valence-corrected chi connectivity index (χ2v) is 6.71. The Balaban J connectivity index is 2.15. The fourth-order valence-corrected chi connectivity index (χ4v) is 3.55. The highest BCUT2D eigenvalue weighted by molar-refractivity contribution is 7.80. The molecule has 3 atom stereocenters. The molecule has 0 aromatic heterocycles. The summed E-state index contributed by atoms with van der Waals surface area (Å²) in [6.45, 7) is 2.37. The van der Waals surface area contributed by atoms with E-state index in [2.05, 4.69) is 49.2 Å². The molecule has 1 aromatic rings. The molecule has 0 saturated heterocycles. The monoisotopic (exact) mass is 290 g/mol. The molecule has 3 unspecified atom stereocenters. The minimum Gasteiger partial charge on any atom is -0.393 e. The first-order chi connectivity index (χ1) is 9.58. The number of benzene rings is 1. The SMILES string of the molecule is CC1CCCC(N(C)C(CC(N)=S)c2ccccc2)C1. The van der Waals surface area contributed by atoms with E-state index in [4.69, 9.17) is 18.0 Å². The highest BCUT2D eigenvalue weighted by atomic mass is 32.1. The molecule has 110 valence electrons. The van der Waals surface area contributed by atoms with Crippen molar-refractivity contribution in [2.24, 2.45) is 11.7 Å². The molecule has 2 N–H and O–H groups in total. The quantitative estimate of drug-likeness (QED) is 0.834. The molecular formula is C17H26N2S. The topological polar surface area (TPSA) is 29.3 Å². The van der Waals surface area contributed by atoms with Crippen molar-refractivity contribution in [2.75, 3.05) is 7.05 Å². The van der Waals surface area contributed by atoms with E-state index in [1.54, 1.807) is 0 Å². The number of hydrogen-bond donors (Lipinski definition) is 1. The minimum atomic E-state index is 0.309. The fraction of sp³-hybridized carbons (Fsp3) is 0.588. The van der Waals surface area contributed by atoms with E-state index < -0.39 is 0 Å². The number of thiocarbonyl (C=S) groups is 1. The maximum atomic E-state index is 5.83. The van der Waals surface area contributed by atoms with Gasteiger partial charge in [-0.1, -0.05) is 62.3 Å². The van der Waals surface area contributed by atoms with E-state index in [-0.39, 0.29) is 0 Å². The van der Waals surface area contributed by atoms with Crippen LogP contribution in [0, 0.1) is 5.92 Å². The molecule has 1 aromatic carbocycles. The number of nitrogens with two attached hydrogens (primary N) is 1. The third-order valence-corrected chi connectivity index (χ3v) is 4.72. The molecule has 0 radical (unpaired) electrons. The van der Waals surface area contributed by atoms with Crippen molar-refractivity contribution >= 4 is 17.2 Å². The molecule has 0 aliphatic heterocycles. The van der Waals surface area contributed by atoms with Crippen LogP contribution in [0.15, 0.2) is 30.3 Å². The van der Waals surface area contributed by atoms with Crippen molar-refractivity contribution in [2.45, 2.75) is 51.1 Å². The Morgan fingerprint density at radius 1 is 1.35 bits per heavy atom. The zero-order valence-corrected chi connectivity index (χ0v) is 13.4. The Morgan fingerprint density at radius 3 is 2.65 bits per heavy atom. The predicted molar refractivity (Wildman–Crippen MR) is 89.8 cm³/mol. The summed E-state index contributed by atoms with van der Waals surface area (Å²) in [6, 6.07) is 11.6. The van der Waals surface area contributed by atoms with Gasteiger partial charge in [-0.3, -0.25) is 4.90 Å². The summed E-state index contributed by atoms with van der Waals surface area (Å²) in [6.07, 6.45) is 6.06. The van der Waals surface area contributed by atoms with Crippen LogP contribution in [0.1, 0.15) is 50.6 Å². The van der Waals surface area contributed by atoms with Crippen LogP contribution in [0.4, 0.5) is 0 Å². The molecule has 1 fully saturated rings. The average molecular weight is 290 g/mol. The zero-order chi connectivity index (χ0) is 14.5. The van der Waals surface area contributed by atoms with Crippen LogP contribution >= 0.6 is 12.2 Å². The van der Waals surface area contributed by atoms with E-state index >= 15 is 0 Å². The van der Waals surface area contributed by atoms with Crippen LogP contribution in [-0.4, -0.2) is 23.0 Å². The Hall–Kier alpha value is -0.930. The van der Waals surface area contributed by atoms with Gasteiger partial charge in [-0.2, -0.15) is 0 Å². The van der Waals surface area contributed by atoms with Crippen molar-refractivity contribution in [1.29, 1.82) is 0 Å². The third-order valence-electron chi connectivity index (χ3n) is 4.56. The molecule has 0 spiro atoms. The molecule has 1 aliphatic rings. The minimum absolute atomic E-state index is 0.309. The molecular weight excluding hydrogens is 264 g/mol. The van der Waals surface area contributed by atoms with Crippen molar-refractivity contribution in [3.05, 3.63) is 35.9 Å². The Bertz CT molecular complexity index is 432. The van der Waals surface area contributed by atoms with Crippen LogP contribution < -0.4 is 5.73 Å². The van der Waals surface area contributed by atoms with Gasteiger partial charge in [0.25, 0.3) is 0 Å². The first-order valence-electron chi connectivity index (χ1n) is 7.63. The summed E-state index contributed by atoms with van der Waals surface area (Å²) in [5, 5.41) is 0. The highest BCUT2D eigenvalue weighted by Gasteiger charge is 2.28. The van der Waals surface area contributed by atoms with Crippen LogP contribution in [0.2, 0.25) is 0 Å². The van der Waals surface area contributed by atoms with Gasteiger partial charge in [0.05, 0.1) is 4.99 Å². The van der Waals surface area contributed by atoms with Crippen molar-refractivity contribution in [3.8, 4) is 0 Å². The molecule has 20 heavy (non-hydrogen) atoms. The molecule has 2 rings (SSSR count). The van der Waals surface area contributed by atoms with E-state index in [9.17, 15) is 0 Å². The van der Waals surface area contributed by atoms with Gasteiger partial charge in [-0.05, 0) is 31.4 Å². The van der Waals surface area contributed by atoms with Gasteiger partial charge in [-0.15, -0.1) is 0 Å². The lowest BCUT2D eigenvalue weighted by atomic mass is 9.85. The normalized spacial score (nSPS) is 24.6. The molecule has 1 aliphatic carbocycles. The second kappa shape index (κ2) is 7.19. The molecule has 2 nitrogen and oxygen atoms in total. The summed E-state index contributed by atoms with van der Waals surface area (Å²) in [4.78, 5) is 3.11. The Kier molecular flexibility index (Phi) is 5.55. The maximum absolute atomic E-state index is 5.83. The Labute approximate surface area is 128 Å². The van der Waals surface area contributed by atoms with E-state index in [0.717, 1.165) is 12.3 Å². The van der Waals surface area contributed by atoms with Crippen LogP contribution in [0.3, 0.4) is 0 Å². The van der Waals surface area contributed by atoms with Crippen LogP contribution in [0.25, 0.3) is 0 Å². The van der Waals surface area contributed by atoms with Crippen LogP contribution in [-0.2, 0) is 0 Å². The summed E-state index contributed by atoms with van der Waals surface area (Å²) < 4.78 is 0.